The summed E-state index contributed by atoms with van der Waals surface area (Å²) in [7, 11) is 0. The zero-order valence-corrected chi connectivity index (χ0v) is 10.3. The van der Waals surface area contributed by atoms with E-state index in [-0.39, 0.29) is 5.75 Å². The van der Waals surface area contributed by atoms with Gasteiger partial charge in [0.15, 0.2) is 11.6 Å². The molecule has 0 bridgehead atoms. The van der Waals surface area contributed by atoms with Crippen molar-refractivity contribution in [3.8, 4) is 11.5 Å². The highest BCUT2D eigenvalue weighted by atomic mass is 19.1. The molecule has 0 aliphatic heterocycles. The third-order valence-electron chi connectivity index (χ3n) is 3.25. The monoisotopic (exact) mass is 256 g/mol. The van der Waals surface area contributed by atoms with Crippen LogP contribution in [-0.2, 0) is 0 Å². The van der Waals surface area contributed by atoms with E-state index in [1.807, 2.05) is 24.3 Å². The van der Waals surface area contributed by atoms with E-state index >= 15 is 0 Å². The van der Waals surface area contributed by atoms with Crippen LogP contribution in [0.1, 0.15) is 34.7 Å². The number of rotatable bonds is 4. The molecule has 3 heteroatoms. The van der Waals surface area contributed by atoms with Gasteiger partial charge >= 0.3 is 0 Å². The topological polar surface area (TPSA) is 26.3 Å². The van der Waals surface area contributed by atoms with Gasteiger partial charge in [0.2, 0.25) is 0 Å². The van der Waals surface area contributed by atoms with E-state index in [9.17, 15) is 9.18 Å². The first-order valence-electron chi connectivity index (χ1n) is 6.29. The minimum atomic E-state index is -0.532. The molecular formula is C16H13FO2. The number of carbonyl (C=O) groups excluding carboxylic acids is 1. The lowest BCUT2D eigenvalue weighted by Gasteiger charge is -2.07. The van der Waals surface area contributed by atoms with E-state index in [0.29, 0.717) is 23.5 Å². The molecule has 0 atom stereocenters. The van der Waals surface area contributed by atoms with Gasteiger partial charge in [0.05, 0.1) is 0 Å². The molecule has 2 aromatic carbocycles. The van der Waals surface area contributed by atoms with Crippen molar-refractivity contribution >= 4 is 6.29 Å². The number of aldehydes is 1. The number of halogens is 1. The zero-order valence-electron chi connectivity index (χ0n) is 10.3. The number of carbonyl (C=O) groups is 1. The Morgan fingerprint density at radius 1 is 1.11 bits per heavy atom. The van der Waals surface area contributed by atoms with Crippen molar-refractivity contribution in [3.05, 3.63) is 59.4 Å². The second-order valence-electron chi connectivity index (χ2n) is 4.75. The van der Waals surface area contributed by atoms with Crippen LogP contribution in [0.25, 0.3) is 0 Å². The third-order valence-corrected chi connectivity index (χ3v) is 3.25. The molecule has 0 heterocycles. The molecule has 1 aliphatic carbocycles. The van der Waals surface area contributed by atoms with Crippen molar-refractivity contribution in [2.45, 2.75) is 18.8 Å². The molecule has 0 unspecified atom stereocenters. The van der Waals surface area contributed by atoms with Gasteiger partial charge in [-0.2, -0.15) is 0 Å². The summed E-state index contributed by atoms with van der Waals surface area (Å²) < 4.78 is 19.1. The summed E-state index contributed by atoms with van der Waals surface area (Å²) in [4.78, 5) is 10.5. The van der Waals surface area contributed by atoms with Crippen LogP contribution < -0.4 is 4.74 Å². The maximum Gasteiger partial charge on any atom is 0.166 e. The van der Waals surface area contributed by atoms with E-state index in [2.05, 4.69) is 0 Å². The van der Waals surface area contributed by atoms with Crippen LogP contribution in [0, 0.1) is 5.82 Å². The molecule has 19 heavy (non-hydrogen) atoms. The highest BCUT2D eigenvalue weighted by molar-refractivity contribution is 5.75. The van der Waals surface area contributed by atoms with Crippen LogP contribution in [0.5, 0.6) is 11.5 Å². The summed E-state index contributed by atoms with van der Waals surface area (Å²) in [5.74, 6) is 0.889. The Balaban J connectivity index is 1.78. The molecule has 0 spiro atoms. The van der Waals surface area contributed by atoms with Crippen LogP contribution in [-0.4, -0.2) is 6.29 Å². The maximum absolute atomic E-state index is 13.7. The summed E-state index contributed by atoms with van der Waals surface area (Å²) in [6, 6.07) is 11.9. The lowest BCUT2D eigenvalue weighted by molar-refractivity contribution is 0.112. The van der Waals surface area contributed by atoms with Crippen molar-refractivity contribution in [2.24, 2.45) is 0 Å². The molecule has 1 fully saturated rings. The highest BCUT2D eigenvalue weighted by Gasteiger charge is 2.23. The minimum Gasteiger partial charge on any atom is -0.454 e. The molecule has 1 saturated carbocycles. The second kappa shape index (κ2) is 4.84. The Morgan fingerprint density at radius 3 is 2.42 bits per heavy atom. The van der Waals surface area contributed by atoms with Gasteiger partial charge in [0.1, 0.15) is 12.0 Å². The number of benzene rings is 2. The van der Waals surface area contributed by atoms with Crippen molar-refractivity contribution in [2.75, 3.05) is 0 Å². The minimum absolute atomic E-state index is 0.129. The normalized spacial score (nSPS) is 14.2. The molecule has 0 N–H and O–H groups in total. The third kappa shape index (κ3) is 2.65. The molecule has 0 amide bonds. The fraction of sp³-hybridized carbons (Fsp3) is 0.188. The average Bonchev–Trinajstić information content (AvgIpc) is 3.26. The Kier molecular flexibility index (Phi) is 3.03. The van der Waals surface area contributed by atoms with E-state index in [4.69, 9.17) is 4.74 Å². The summed E-state index contributed by atoms with van der Waals surface area (Å²) in [5.41, 5.74) is 1.61. The molecule has 0 radical (unpaired) electrons. The van der Waals surface area contributed by atoms with Gasteiger partial charge in [-0.15, -0.1) is 0 Å². The lowest BCUT2D eigenvalue weighted by atomic mass is 10.1. The van der Waals surface area contributed by atoms with Gasteiger partial charge in [-0.25, -0.2) is 4.39 Å². The fourth-order valence-electron chi connectivity index (χ4n) is 2.02. The standard InChI is InChI=1S/C16H13FO2/c17-15-9-11(10-18)1-8-16(15)19-14-6-4-13(5-7-14)12-2-3-12/h1,4-10,12H,2-3H2. The molecule has 0 aromatic heterocycles. The maximum atomic E-state index is 13.7. The van der Waals surface area contributed by atoms with Crippen LogP contribution in [0.4, 0.5) is 4.39 Å². The van der Waals surface area contributed by atoms with Gasteiger partial charge < -0.3 is 4.74 Å². The van der Waals surface area contributed by atoms with Gasteiger partial charge in [0, 0.05) is 5.56 Å². The van der Waals surface area contributed by atoms with E-state index in [1.165, 1.54) is 36.6 Å². The summed E-state index contributed by atoms with van der Waals surface area (Å²) in [6.45, 7) is 0. The molecular weight excluding hydrogens is 243 g/mol. The van der Waals surface area contributed by atoms with Gasteiger partial charge in [-0.1, -0.05) is 12.1 Å². The number of hydrogen-bond donors (Lipinski definition) is 0. The van der Waals surface area contributed by atoms with Crippen LogP contribution in [0.2, 0.25) is 0 Å². The number of ether oxygens (including phenoxy) is 1. The quantitative estimate of drug-likeness (QED) is 0.762. The Hall–Kier alpha value is -2.16. The van der Waals surface area contributed by atoms with Crippen LogP contribution in [0.3, 0.4) is 0 Å². The van der Waals surface area contributed by atoms with Crippen molar-refractivity contribution < 1.29 is 13.9 Å². The Morgan fingerprint density at radius 2 is 1.84 bits per heavy atom. The zero-order chi connectivity index (χ0) is 13.2. The molecule has 96 valence electrons. The molecule has 2 aromatic rings. The van der Waals surface area contributed by atoms with Crippen LogP contribution in [0.15, 0.2) is 42.5 Å². The summed E-state index contributed by atoms with van der Waals surface area (Å²) in [6.07, 6.45) is 3.11. The molecule has 0 saturated heterocycles. The lowest BCUT2D eigenvalue weighted by Crippen LogP contribution is -1.90. The smallest absolute Gasteiger partial charge is 0.166 e. The molecule has 2 nitrogen and oxygen atoms in total. The fourth-order valence-corrected chi connectivity index (χ4v) is 2.02. The number of hydrogen-bond acceptors (Lipinski definition) is 2. The predicted octanol–water partition coefficient (Wildman–Crippen LogP) is 4.31. The average molecular weight is 256 g/mol. The predicted molar refractivity (Wildman–Crippen MR) is 70.3 cm³/mol. The Labute approximate surface area is 110 Å². The van der Waals surface area contributed by atoms with Crippen molar-refractivity contribution in [1.29, 1.82) is 0 Å². The van der Waals surface area contributed by atoms with Crippen LogP contribution >= 0.6 is 0 Å². The molecule has 3 rings (SSSR count). The second-order valence-corrected chi connectivity index (χ2v) is 4.75. The summed E-state index contributed by atoms with van der Waals surface area (Å²) in [5, 5.41) is 0. The van der Waals surface area contributed by atoms with E-state index in [0.717, 1.165) is 0 Å². The first kappa shape index (κ1) is 11.9. The van der Waals surface area contributed by atoms with E-state index in [1.54, 1.807) is 0 Å². The van der Waals surface area contributed by atoms with Crippen molar-refractivity contribution in [3.63, 3.8) is 0 Å². The first-order valence-corrected chi connectivity index (χ1v) is 6.29. The van der Waals surface area contributed by atoms with E-state index < -0.39 is 5.82 Å². The van der Waals surface area contributed by atoms with Gasteiger partial charge in [-0.3, -0.25) is 4.79 Å². The van der Waals surface area contributed by atoms with Crippen molar-refractivity contribution in [1.82, 2.24) is 0 Å². The molecule has 1 aliphatic rings. The van der Waals surface area contributed by atoms with Gasteiger partial charge in [-0.05, 0) is 54.7 Å². The highest BCUT2D eigenvalue weighted by Crippen LogP contribution is 2.40. The largest absolute Gasteiger partial charge is 0.454 e. The van der Waals surface area contributed by atoms with Gasteiger partial charge in [0.25, 0.3) is 0 Å². The summed E-state index contributed by atoms with van der Waals surface area (Å²) >= 11 is 0. The first-order chi connectivity index (χ1) is 9.26. The SMILES string of the molecule is O=Cc1ccc(Oc2ccc(C3CC3)cc2)c(F)c1. The Bertz CT molecular complexity index is 601.